The van der Waals surface area contributed by atoms with E-state index in [1.54, 1.807) is 85.3 Å². The average Bonchev–Trinajstić information content (AvgIpc) is 0.825. The Hall–Kier alpha value is -11.2. The molecule has 7 N–H and O–H groups in total. The predicted molar refractivity (Wildman–Crippen MR) is 507 cm³/mol. The van der Waals surface area contributed by atoms with Crippen molar-refractivity contribution in [2.45, 2.75) is 201 Å². The fourth-order valence-electron chi connectivity index (χ4n) is 17.4. The molecule has 0 spiro atoms. The van der Waals surface area contributed by atoms with Gasteiger partial charge in [0.15, 0.2) is 0 Å². The van der Waals surface area contributed by atoms with Gasteiger partial charge in [-0.3, -0.25) is 19.6 Å². The second kappa shape index (κ2) is 48.6. The zero-order valence-electron chi connectivity index (χ0n) is 76.2. The van der Waals surface area contributed by atoms with Crippen LogP contribution in [0.1, 0.15) is 155 Å². The number of hydrogen-bond acceptors (Lipinski definition) is 19. The topological polar surface area (TPSA) is 225 Å². The van der Waals surface area contributed by atoms with Gasteiger partial charge < -0.3 is 36.6 Å². The second-order valence-electron chi connectivity index (χ2n) is 35.6. The lowest BCUT2D eigenvalue weighted by atomic mass is 9.98. The first-order valence-electron chi connectivity index (χ1n) is 46.4. The number of hydrogen-bond donors (Lipinski definition) is 7. The van der Waals surface area contributed by atoms with Gasteiger partial charge in [-0.1, -0.05) is 79.7 Å². The molecule has 7 atom stereocenters. The van der Waals surface area contributed by atoms with E-state index in [9.17, 15) is 37.3 Å². The molecule has 0 saturated carbocycles. The number of nitrogens with zero attached hydrogens (tertiary/aromatic N) is 12. The van der Waals surface area contributed by atoms with Crippen molar-refractivity contribution in [3.05, 3.63) is 316 Å². The molecule has 8 heterocycles. The van der Waals surface area contributed by atoms with E-state index in [1.807, 2.05) is 85.1 Å². The molecular weight excluding hydrogens is 1640 g/mol. The molecule has 4 aliphatic rings. The molecule has 0 unspecified atom stereocenters. The lowest BCUT2D eigenvalue weighted by Crippen LogP contribution is -2.53. The summed E-state index contributed by atoms with van der Waals surface area (Å²) in [6.07, 6.45) is 18.6. The smallest absolute Gasteiger partial charge is 0.132 e. The third-order valence-electron chi connectivity index (χ3n) is 24.7. The van der Waals surface area contributed by atoms with Crippen molar-refractivity contribution < 1.29 is 37.3 Å². The zero-order valence-corrected chi connectivity index (χ0v) is 76.2. The molecular formula is C106H127F5N16O3. The van der Waals surface area contributed by atoms with E-state index >= 15 is 0 Å². The van der Waals surface area contributed by atoms with Crippen LogP contribution in [0.4, 0.5) is 22.0 Å². The van der Waals surface area contributed by atoms with Crippen molar-refractivity contribution in [1.29, 1.82) is 0 Å². The van der Waals surface area contributed by atoms with Crippen LogP contribution in [-0.4, -0.2) is 176 Å². The molecule has 4 aromatic heterocycles. The summed E-state index contributed by atoms with van der Waals surface area (Å²) in [5.41, 5.74) is 14.0. The summed E-state index contributed by atoms with van der Waals surface area (Å²) < 4.78 is 70.9. The van der Waals surface area contributed by atoms with Gasteiger partial charge in [0.2, 0.25) is 0 Å². The first-order valence-corrected chi connectivity index (χ1v) is 46.4. The Morgan fingerprint density at radius 2 is 0.754 bits per heavy atom. The molecule has 8 aromatic carbocycles. The summed E-state index contributed by atoms with van der Waals surface area (Å²) in [4.78, 5) is 46.1. The van der Waals surface area contributed by atoms with Gasteiger partial charge in [0.05, 0.1) is 22.8 Å². The summed E-state index contributed by atoms with van der Waals surface area (Å²) in [7, 11) is 0. The van der Waals surface area contributed by atoms with Crippen LogP contribution in [0.15, 0.2) is 219 Å². The molecule has 0 radical (unpaired) electrons. The maximum atomic E-state index is 14.8. The molecule has 4 fully saturated rings. The molecule has 4 aliphatic heterocycles. The monoisotopic (exact) mass is 1770 g/mol. The Bertz CT molecular complexity index is 5550. The molecule has 0 aliphatic carbocycles. The van der Waals surface area contributed by atoms with Crippen LogP contribution >= 0.6 is 0 Å². The molecule has 24 heteroatoms. The number of piperidine rings is 1. The van der Waals surface area contributed by atoms with E-state index < -0.39 is 11.6 Å². The Kier molecular flexibility index (Phi) is 36.0. The molecule has 16 rings (SSSR count). The zero-order chi connectivity index (χ0) is 91.3. The van der Waals surface area contributed by atoms with Crippen molar-refractivity contribution >= 4 is 0 Å². The highest BCUT2D eigenvalue weighted by atomic mass is 19.1. The minimum absolute atomic E-state index is 0.257. The summed E-state index contributed by atoms with van der Waals surface area (Å²) >= 11 is 0. The number of piperazine rings is 3. The molecule has 684 valence electrons. The van der Waals surface area contributed by atoms with Crippen LogP contribution in [0.5, 0.6) is 17.2 Å². The number of aromatic nitrogens is 8. The van der Waals surface area contributed by atoms with Crippen LogP contribution in [-0.2, 0) is 77.5 Å². The van der Waals surface area contributed by atoms with Gasteiger partial charge in [0, 0.05) is 187 Å². The van der Waals surface area contributed by atoms with Gasteiger partial charge in [-0.05, 0) is 291 Å². The number of aromatic hydroxyl groups is 3. The van der Waals surface area contributed by atoms with E-state index in [0.717, 1.165) is 188 Å². The molecule has 130 heavy (non-hydrogen) atoms. The van der Waals surface area contributed by atoms with Gasteiger partial charge in [-0.25, -0.2) is 61.8 Å². The molecule has 12 aromatic rings. The van der Waals surface area contributed by atoms with Crippen LogP contribution in [0.25, 0.3) is 45.0 Å². The number of benzene rings is 8. The fraction of sp³-hybridized carbons (Fsp3) is 0.396. The second-order valence-corrected chi connectivity index (χ2v) is 35.6. The number of rotatable bonds is 31. The summed E-state index contributed by atoms with van der Waals surface area (Å²) in [6.45, 7) is 29.0. The number of halogens is 5. The van der Waals surface area contributed by atoms with E-state index in [4.69, 9.17) is 4.98 Å². The summed E-state index contributed by atoms with van der Waals surface area (Å²) in [5, 5.41) is 42.7. The quantitative estimate of drug-likeness (QED) is 0.0201. The molecule has 19 nitrogen and oxygen atoms in total. The van der Waals surface area contributed by atoms with E-state index in [0.29, 0.717) is 137 Å². The number of nitrogens with one attached hydrogen (secondary N) is 4. The van der Waals surface area contributed by atoms with E-state index in [1.165, 1.54) is 42.2 Å². The van der Waals surface area contributed by atoms with Crippen LogP contribution in [0.3, 0.4) is 0 Å². The highest BCUT2D eigenvalue weighted by Crippen LogP contribution is 2.31. The Labute approximate surface area is 764 Å². The highest BCUT2D eigenvalue weighted by Gasteiger charge is 2.27. The first-order chi connectivity index (χ1) is 63.0. The molecule has 4 saturated heterocycles. The number of phenolic OH excluding ortho intramolecular Hbond substituents is 3. The third kappa shape index (κ3) is 29.9. The normalized spacial score (nSPS) is 18.4. The Balaban J connectivity index is 0.000000148. The average molecular weight is 1770 g/mol. The van der Waals surface area contributed by atoms with Crippen molar-refractivity contribution in [2.24, 2.45) is 5.92 Å². The van der Waals surface area contributed by atoms with Crippen molar-refractivity contribution in [3.63, 3.8) is 0 Å². The SMILES string of the molecule is CCN(Cc1ccc(F)c(-c2ccnc(CCCc3cccc(O)c3)n2)c1)C[C@H]1CCCNC1.C[C@@H]1CN(Cc2ccc(F)c(-c3ccnc(CCCc4cccc(O)c4)n3)c2)[C@H](C)CN1.C[C@@H]1CN[C@@H](C)CN1Cc1cccc(-c2ccnc(CCCc3ccc(O)cc3)n2)c1.C[C@H]1CN(Cc2ccc(F)c(-c3ccnc(CCCc4cc(F)cc(F)c4)n3)c2)[C@@H](C)CN1. The van der Waals surface area contributed by atoms with Gasteiger partial charge in [-0.2, -0.15) is 0 Å². The number of phenols is 3. The van der Waals surface area contributed by atoms with Crippen molar-refractivity contribution in [2.75, 3.05) is 65.4 Å². The number of aryl methyl sites for hydroxylation is 8. The fourth-order valence-corrected chi connectivity index (χ4v) is 17.4. The maximum absolute atomic E-state index is 14.8. The summed E-state index contributed by atoms with van der Waals surface area (Å²) in [6, 6.07) is 60.3. The largest absolute Gasteiger partial charge is 0.508 e. The first kappa shape index (κ1) is 96.4. The van der Waals surface area contributed by atoms with Gasteiger partial charge >= 0.3 is 0 Å². The van der Waals surface area contributed by atoms with Crippen LogP contribution < -0.4 is 21.3 Å². The van der Waals surface area contributed by atoms with E-state index in [-0.39, 0.29) is 29.0 Å². The predicted octanol–water partition coefficient (Wildman–Crippen LogP) is 18.5. The standard InChI is InChI=1S/C28H35FN4O.C26H29F3N4.C26H31FN4O.C26H32N4O/c1-2-33(20-23-8-5-14-30-18-23)19-22-11-12-26(29)25(17-22)27-13-15-31-28(32-27)10-4-7-21-6-3-9-24(34)16-21;1-17-15-33(18(2)14-31-17)16-20-6-7-24(29)23(12-20)25-8-9-30-26(32-25)5-3-4-19-10-21(27)13-22(28)11-19;1-18-16-31(19(2)15-29-18)17-21-9-10-24(27)23(14-21)25-11-12-28-26(30-25)8-4-6-20-5-3-7-22(32)13-20;1-19-17-30(20(2)16-28-19)18-22-6-3-7-23(15-22)25-13-14-27-26(29-25)8-4-5-21-9-11-24(31)12-10-21/h3,6,9,11-13,15-17,23,30,34H,2,4-5,7-8,10,14,18-20H2,1H3;6-13,17-18,31H,3-5,14-16H2,1-2H3;3,5,7,9-14,18-19,29,32H,4,6,8,15-17H2,1-2H3;3,6-7,9-15,19-20,28,31H,4-5,8,16-18H2,1-2H3/t23-;17-,18-;18-,19-;19-,20+/m0010/s1. The molecule has 0 bridgehead atoms. The highest BCUT2D eigenvalue weighted by molar-refractivity contribution is 5.63. The Morgan fingerprint density at radius 3 is 1.18 bits per heavy atom. The minimum atomic E-state index is -0.580. The minimum Gasteiger partial charge on any atom is -0.508 e. The van der Waals surface area contributed by atoms with Crippen molar-refractivity contribution in [3.8, 4) is 62.3 Å². The maximum Gasteiger partial charge on any atom is 0.132 e. The summed E-state index contributed by atoms with van der Waals surface area (Å²) in [5.74, 6) is 2.42. The van der Waals surface area contributed by atoms with E-state index in [2.05, 4.69) is 148 Å². The van der Waals surface area contributed by atoms with Gasteiger partial charge in [-0.15, -0.1) is 0 Å². The lowest BCUT2D eigenvalue weighted by molar-refractivity contribution is 0.139. The van der Waals surface area contributed by atoms with Crippen molar-refractivity contribution in [1.82, 2.24) is 80.7 Å². The van der Waals surface area contributed by atoms with Gasteiger partial charge in [0.1, 0.15) is 69.6 Å². The van der Waals surface area contributed by atoms with Crippen LogP contribution in [0.2, 0.25) is 0 Å². The Morgan fingerprint density at radius 1 is 0.369 bits per heavy atom. The third-order valence-corrected chi connectivity index (χ3v) is 24.7. The lowest BCUT2D eigenvalue weighted by Gasteiger charge is -2.37. The van der Waals surface area contributed by atoms with Crippen LogP contribution in [0, 0.1) is 35.0 Å². The van der Waals surface area contributed by atoms with Gasteiger partial charge in [0.25, 0.3) is 0 Å². The molecule has 0 amide bonds.